The van der Waals surface area contributed by atoms with E-state index in [0.29, 0.717) is 25.6 Å². The molecule has 0 aliphatic carbocycles. The lowest BCUT2D eigenvalue weighted by Gasteiger charge is -2.39. The molecular weight excluding hydrogens is 358 g/mol. The molecule has 140 valence electrons. The quantitative estimate of drug-likeness (QED) is 0.853. The van der Waals surface area contributed by atoms with Crippen molar-refractivity contribution < 1.29 is 17.9 Å². The molecule has 0 amide bonds. The van der Waals surface area contributed by atoms with Crippen LogP contribution in [0.3, 0.4) is 0 Å². The molecule has 1 atom stereocenters. The van der Waals surface area contributed by atoms with Crippen LogP contribution >= 0.6 is 11.8 Å². The summed E-state index contributed by atoms with van der Waals surface area (Å²) >= 11 is 1.58. The van der Waals surface area contributed by atoms with Gasteiger partial charge in [0.1, 0.15) is 29.7 Å². The number of piperidine rings is 1. The minimum atomic E-state index is -2.66. The van der Waals surface area contributed by atoms with Gasteiger partial charge in [-0.05, 0) is 38.1 Å². The average Bonchev–Trinajstić information content (AvgIpc) is 3.14. The fourth-order valence-corrected chi connectivity index (χ4v) is 4.66. The molecule has 1 saturated heterocycles. The second-order valence-electron chi connectivity index (χ2n) is 6.83. The number of rotatable bonds is 4. The molecule has 2 aliphatic heterocycles. The van der Waals surface area contributed by atoms with Gasteiger partial charge in [-0.15, -0.1) is 11.8 Å². The van der Waals surface area contributed by atoms with E-state index in [1.807, 2.05) is 43.0 Å². The van der Waals surface area contributed by atoms with Crippen LogP contribution in [0.1, 0.15) is 19.1 Å². The highest BCUT2D eigenvalue weighted by atomic mass is 32.2. The summed E-state index contributed by atoms with van der Waals surface area (Å²) in [7, 11) is 0. The fourth-order valence-electron chi connectivity index (χ4n) is 3.52. The number of halogens is 2. The molecular formula is C19H22F2N2O2S. The third kappa shape index (κ3) is 3.30. The molecule has 2 aromatic rings. The van der Waals surface area contributed by atoms with Gasteiger partial charge in [0.05, 0.1) is 5.88 Å². The van der Waals surface area contributed by atoms with Gasteiger partial charge in [0, 0.05) is 35.5 Å². The van der Waals surface area contributed by atoms with Crippen molar-refractivity contribution >= 4 is 22.7 Å². The van der Waals surface area contributed by atoms with Crippen molar-refractivity contribution in [1.29, 1.82) is 0 Å². The monoisotopic (exact) mass is 380 g/mol. The van der Waals surface area contributed by atoms with Gasteiger partial charge in [0.15, 0.2) is 0 Å². The van der Waals surface area contributed by atoms with Crippen LogP contribution in [0.25, 0.3) is 11.0 Å². The molecule has 0 radical (unpaired) electrons. The Morgan fingerprint density at radius 1 is 1.35 bits per heavy atom. The second-order valence-corrected chi connectivity index (χ2v) is 7.87. The van der Waals surface area contributed by atoms with Crippen LogP contribution < -0.4 is 10.1 Å². The summed E-state index contributed by atoms with van der Waals surface area (Å²) in [6, 6.07) is 6.89. The summed E-state index contributed by atoms with van der Waals surface area (Å²) in [5.41, 5.74) is 1.72. The number of nitrogens with one attached hydrogen (secondary N) is 1. The van der Waals surface area contributed by atoms with Crippen molar-refractivity contribution in [3.05, 3.63) is 40.6 Å². The van der Waals surface area contributed by atoms with Crippen LogP contribution in [0.15, 0.2) is 39.3 Å². The highest BCUT2D eigenvalue weighted by Crippen LogP contribution is 2.39. The first kappa shape index (κ1) is 17.7. The smallest absolute Gasteiger partial charge is 0.270 e. The molecule has 0 bridgehead atoms. The maximum atomic E-state index is 14.3. The average molecular weight is 380 g/mol. The van der Waals surface area contributed by atoms with Crippen molar-refractivity contribution in [2.45, 2.75) is 32.2 Å². The number of hydrogen-bond acceptors (Lipinski definition) is 5. The van der Waals surface area contributed by atoms with E-state index in [1.165, 1.54) is 0 Å². The number of fused-ring (bicyclic) bond motifs is 1. The molecule has 1 aromatic carbocycles. The molecule has 4 nitrogen and oxygen atoms in total. The number of thioether (sulfide) groups is 1. The second kappa shape index (κ2) is 6.78. The predicted molar refractivity (Wildman–Crippen MR) is 99.7 cm³/mol. The van der Waals surface area contributed by atoms with Crippen LogP contribution in [-0.4, -0.2) is 42.4 Å². The molecule has 1 aromatic heterocycles. The summed E-state index contributed by atoms with van der Waals surface area (Å²) in [4.78, 5) is 2.83. The maximum Gasteiger partial charge on any atom is 0.270 e. The maximum absolute atomic E-state index is 14.3. The van der Waals surface area contributed by atoms with E-state index in [4.69, 9.17) is 9.15 Å². The molecule has 1 unspecified atom stereocenters. The number of furan rings is 1. The van der Waals surface area contributed by atoms with Crippen LogP contribution in [0.2, 0.25) is 0 Å². The normalized spacial score (nSPS) is 23.1. The van der Waals surface area contributed by atoms with E-state index in [2.05, 4.69) is 5.32 Å². The Labute approximate surface area is 155 Å². The van der Waals surface area contributed by atoms with Gasteiger partial charge in [-0.2, -0.15) is 0 Å². The summed E-state index contributed by atoms with van der Waals surface area (Å²) in [5, 5.41) is 4.09. The molecule has 26 heavy (non-hydrogen) atoms. The zero-order chi connectivity index (χ0) is 18.3. The van der Waals surface area contributed by atoms with Gasteiger partial charge < -0.3 is 19.4 Å². The van der Waals surface area contributed by atoms with Gasteiger partial charge in [-0.25, -0.2) is 8.78 Å². The molecule has 1 N–H and O–H groups in total. The largest absolute Gasteiger partial charge is 0.488 e. The van der Waals surface area contributed by atoms with Gasteiger partial charge in [-0.3, -0.25) is 0 Å². The van der Waals surface area contributed by atoms with E-state index in [0.717, 1.165) is 33.1 Å². The Balaban J connectivity index is 1.46. The molecule has 4 rings (SSSR count). The number of ether oxygens (including phenoxy) is 1. The number of nitrogens with zero attached hydrogens (tertiary/aromatic N) is 1. The lowest BCUT2D eigenvalue weighted by molar-refractivity contribution is -0.0861. The van der Waals surface area contributed by atoms with Crippen molar-refractivity contribution in [2.24, 2.45) is 0 Å². The molecule has 3 heterocycles. The third-order valence-corrected chi connectivity index (χ3v) is 6.20. The molecule has 1 fully saturated rings. The molecule has 7 heteroatoms. The van der Waals surface area contributed by atoms with Crippen LogP contribution in [0.4, 0.5) is 8.78 Å². The van der Waals surface area contributed by atoms with Crippen LogP contribution in [-0.2, 0) is 0 Å². The minimum Gasteiger partial charge on any atom is -0.488 e. The zero-order valence-electron chi connectivity index (χ0n) is 14.9. The Hall–Kier alpha value is -1.73. The summed E-state index contributed by atoms with van der Waals surface area (Å²) in [5.74, 6) is -0.498. The Bertz CT molecular complexity index is 849. The van der Waals surface area contributed by atoms with Gasteiger partial charge in [0.25, 0.3) is 5.92 Å². The highest BCUT2D eigenvalue weighted by Gasteiger charge is 2.46. The molecule has 2 aliphatic rings. The first-order valence-electron chi connectivity index (χ1n) is 8.75. The minimum absolute atomic E-state index is 0.109. The topological polar surface area (TPSA) is 37.6 Å². The van der Waals surface area contributed by atoms with E-state index in [9.17, 15) is 8.78 Å². The number of aryl methyl sites for hydroxylation is 1. The standard InChI is InChI=1S/C19H22F2N2O2S/c1-12-7-14-8-15(3-4-16(14)25-12)24-10-17-13(2)23(11-26-17)18-9-22-6-5-19(18,20)21/h3-4,7-8,18,22H,5-6,9-11H2,1-2H3. The lowest BCUT2D eigenvalue weighted by Crippen LogP contribution is -2.56. The Morgan fingerprint density at radius 3 is 3.00 bits per heavy atom. The predicted octanol–water partition coefficient (Wildman–Crippen LogP) is 4.36. The van der Waals surface area contributed by atoms with Gasteiger partial charge in [-0.1, -0.05) is 0 Å². The third-order valence-electron chi connectivity index (χ3n) is 5.03. The number of allylic oxidation sites excluding steroid dienone is 1. The van der Waals surface area contributed by atoms with Crippen molar-refractivity contribution in [3.8, 4) is 5.75 Å². The fraction of sp³-hybridized carbons (Fsp3) is 0.474. The van der Waals surface area contributed by atoms with Crippen molar-refractivity contribution in [3.63, 3.8) is 0 Å². The zero-order valence-corrected chi connectivity index (χ0v) is 15.7. The van der Waals surface area contributed by atoms with Gasteiger partial charge in [0.2, 0.25) is 0 Å². The Kier molecular flexibility index (Phi) is 4.61. The number of alkyl halides is 2. The van der Waals surface area contributed by atoms with Gasteiger partial charge >= 0.3 is 0 Å². The lowest BCUT2D eigenvalue weighted by atomic mass is 10.0. The van der Waals surface area contributed by atoms with E-state index >= 15 is 0 Å². The van der Waals surface area contributed by atoms with Crippen molar-refractivity contribution in [1.82, 2.24) is 10.2 Å². The van der Waals surface area contributed by atoms with E-state index < -0.39 is 12.0 Å². The summed E-state index contributed by atoms with van der Waals surface area (Å²) < 4.78 is 40.0. The molecule has 0 spiro atoms. The number of hydrogen-bond donors (Lipinski definition) is 1. The number of benzene rings is 1. The van der Waals surface area contributed by atoms with Crippen LogP contribution in [0, 0.1) is 6.92 Å². The van der Waals surface area contributed by atoms with Crippen molar-refractivity contribution in [2.75, 3.05) is 25.6 Å². The first-order valence-corrected chi connectivity index (χ1v) is 9.73. The first-order chi connectivity index (χ1) is 12.4. The van der Waals surface area contributed by atoms with E-state index in [-0.39, 0.29) is 6.42 Å². The summed E-state index contributed by atoms with van der Waals surface area (Å²) in [6.07, 6.45) is -0.109. The van der Waals surface area contributed by atoms with Crippen LogP contribution in [0.5, 0.6) is 5.75 Å². The Morgan fingerprint density at radius 2 is 2.19 bits per heavy atom. The van der Waals surface area contributed by atoms with E-state index in [1.54, 1.807) is 11.8 Å². The molecule has 0 saturated carbocycles. The summed E-state index contributed by atoms with van der Waals surface area (Å²) in [6.45, 7) is 4.90. The SMILES string of the molecule is CC1=C(COc2ccc3oc(C)cc3c2)SCN1C1CNCCC1(F)F. The highest BCUT2D eigenvalue weighted by molar-refractivity contribution is 8.03.